The number of nitrogens with zero attached hydrogens (tertiary/aromatic N) is 1. The Bertz CT molecular complexity index is 1040. The summed E-state index contributed by atoms with van der Waals surface area (Å²) in [6, 6.07) is 12.2. The zero-order valence-corrected chi connectivity index (χ0v) is 15.6. The van der Waals surface area contributed by atoms with E-state index in [4.69, 9.17) is 4.42 Å². The third-order valence-corrected chi connectivity index (χ3v) is 6.06. The maximum Gasteiger partial charge on any atom is 0.257 e. The number of amides is 2. The number of rotatable bonds is 3. The standard InChI is InChI=1S/C23H22N2O3/c26-22(17-8-11-25(12-9-17)23(27)18-10-13-28-14-18)24-20-7-6-16-5-4-15-2-1-3-19(20)21(15)16/h1-3,6-7,10,13-14,17H,4-5,8-9,11-12H2,(H,24,26). The third-order valence-electron chi connectivity index (χ3n) is 6.06. The van der Waals surface area contributed by atoms with Crippen molar-refractivity contribution in [2.45, 2.75) is 25.7 Å². The lowest BCUT2D eigenvalue weighted by Crippen LogP contribution is -2.41. The second-order valence-electron chi connectivity index (χ2n) is 7.68. The molecule has 142 valence electrons. The van der Waals surface area contributed by atoms with Gasteiger partial charge in [-0.2, -0.15) is 0 Å². The molecule has 1 saturated heterocycles. The first-order valence-electron chi connectivity index (χ1n) is 9.86. The number of anilines is 1. The summed E-state index contributed by atoms with van der Waals surface area (Å²) in [5.74, 6) is -0.0503. The molecule has 3 aromatic rings. The average molecular weight is 374 g/mol. The Morgan fingerprint density at radius 3 is 2.54 bits per heavy atom. The molecule has 2 aliphatic rings. The highest BCUT2D eigenvalue weighted by molar-refractivity contribution is 6.05. The Labute approximate surface area is 163 Å². The van der Waals surface area contributed by atoms with Crippen molar-refractivity contribution in [2.24, 2.45) is 5.92 Å². The summed E-state index contributed by atoms with van der Waals surface area (Å²) in [6.07, 6.45) is 6.48. The van der Waals surface area contributed by atoms with E-state index < -0.39 is 0 Å². The summed E-state index contributed by atoms with van der Waals surface area (Å²) in [6.45, 7) is 1.18. The summed E-state index contributed by atoms with van der Waals surface area (Å²) in [5.41, 5.74) is 4.20. The molecule has 0 radical (unpaired) electrons. The van der Waals surface area contributed by atoms with Crippen molar-refractivity contribution in [2.75, 3.05) is 18.4 Å². The SMILES string of the molecule is O=C(Nc1ccc2c3c(cccc13)CC2)C1CCN(C(=O)c2ccoc2)CC1. The van der Waals surface area contributed by atoms with Gasteiger partial charge in [-0.25, -0.2) is 0 Å². The number of benzene rings is 2. The van der Waals surface area contributed by atoms with Crippen LogP contribution in [0.5, 0.6) is 0 Å². The van der Waals surface area contributed by atoms with E-state index in [1.165, 1.54) is 29.0 Å². The van der Waals surface area contributed by atoms with Gasteiger partial charge in [-0.05, 0) is 54.3 Å². The molecule has 1 N–H and O–H groups in total. The van der Waals surface area contributed by atoms with Crippen LogP contribution in [0.3, 0.4) is 0 Å². The molecule has 5 heteroatoms. The van der Waals surface area contributed by atoms with Gasteiger partial charge in [0.05, 0.1) is 11.8 Å². The molecule has 2 amide bonds. The maximum absolute atomic E-state index is 12.9. The quantitative estimate of drug-likeness (QED) is 0.753. The maximum atomic E-state index is 12.9. The average Bonchev–Trinajstić information content (AvgIpc) is 3.41. The molecule has 2 aromatic carbocycles. The van der Waals surface area contributed by atoms with Gasteiger partial charge in [0.2, 0.25) is 5.91 Å². The van der Waals surface area contributed by atoms with Gasteiger partial charge in [-0.3, -0.25) is 9.59 Å². The van der Waals surface area contributed by atoms with Crippen molar-refractivity contribution in [1.29, 1.82) is 0 Å². The molecule has 5 nitrogen and oxygen atoms in total. The van der Waals surface area contributed by atoms with Crippen LogP contribution in [0.4, 0.5) is 5.69 Å². The lowest BCUT2D eigenvalue weighted by Gasteiger charge is -2.31. The topological polar surface area (TPSA) is 62.6 Å². The predicted molar refractivity (Wildman–Crippen MR) is 107 cm³/mol. The van der Waals surface area contributed by atoms with Crippen LogP contribution in [-0.2, 0) is 17.6 Å². The zero-order valence-electron chi connectivity index (χ0n) is 15.6. The number of nitrogens with one attached hydrogen (secondary N) is 1. The second kappa shape index (κ2) is 6.82. The molecule has 5 rings (SSSR count). The van der Waals surface area contributed by atoms with Gasteiger partial charge < -0.3 is 14.6 Å². The molecule has 0 bridgehead atoms. The highest BCUT2D eigenvalue weighted by Crippen LogP contribution is 2.35. The third kappa shape index (κ3) is 2.87. The normalized spacial score (nSPS) is 16.5. The number of aryl methyl sites for hydroxylation is 2. The molecule has 2 heterocycles. The molecule has 1 aromatic heterocycles. The van der Waals surface area contributed by atoms with Crippen molar-refractivity contribution >= 4 is 28.3 Å². The second-order valence-corrected chi connectivity index (χ2v) is 7.68. The predicted octanol–water partition coefficient (Wildman–Crippen LogP) is 4.02. The number of hydrogen-bond acceptors (Lipinski definition) is 3. The number of hydrogen-bond donors (Lipinski definition) is 1. The van der Waals surface area contributed by atoms with Gasteiger partial charge in [0, 0.05) is 30.1 Å². The van der Waals surface area contributed by atoms with E-state index in [-0.39, 0.29) is 17.7 Å². The van der Waals surface area contributed by atoms with Gasteiger partial charge in [0.1, 0.15) is 6.26 Å². The van der Waals surface area contributed by atoms with Crippen LogP contribution in [-0.4, -0.2) is 29.8 Å². The lowest BCUT2D eigenvalue weighted by atomic mass is 9.95. The van der Waals surface area contributed by atoms with Crippen LogP contribution in [0.15, 0.2) is 53.3 Å². The highest BCUT2D eigenvalue weighted by Gasteiger charge is 2.28. The van der Waals surface area contributed by atoms with Crippen molar-refractivity contribution in [3.05, 3.63) is 65.6 Å². The Hall–Kier alpha value is -3.08. The minimum atomic E-state index is -0.0727. The van der Waals surface area contributed by atoms with E-state index in [9.17, 15) is 9.59 Å². The van der Waals surface area contributed by atoms with Crippen molar-refractivity contribution in [1.82, 2.24) is 4.90 Å². The van der Waals surface area contributed by atoms with E-state index in [1.807, 2.05) is 6.07 Å². The van der Waals surface area contributed by atoms with Gasteiger partial charge in [-0.1, -0.05) is 24.3 Å². The molecule has 0 saturated carbocycles. The monoisotopic (exact) mass is 374 g/mol. The first-order chi connectivity index (χ1) is 13.7. The van der Waals surface area contributed by atoms with Gasteiger partial charge >= 0.3 is 0 Å². The molecule has 1 aliphatic heterocycles. The van der Waals surface area contributed by atoms with E-state index in [1.54, 1.807) is 11.0 Å². The molecule has 28 heavy (non-hydrogen) atoms. The van der Waals surface area contributed by atoms with Crippen LogP contribution in [0.1, 0.15) is 34.3 Å². The highest BCUT2D eigenvalue weighted by atomic mass is 16.3. The van der Waals surface area contributed by atoms with Gasteiger partial charge in [0.15, 0.2) is 0 Å². The van der Waals surface area contributed by atoms with Crippen LogP contribution >= 0.6 is 0 Å². The summed E-state index contributed by atoms with van der Waals surface area (Å²) >= 11 is 0. The fourth-order valence-corrected chi connectivity index (χ4v) is 4.50. The largest absolute Gasteiger partial charge is 0.472 e. The molecule has 0 unspecified atom stereocenters. The number of furan rings is 1. The fraction of sp³-hybridized carbons (Fsp3) is 0.304. The Morgan fingerprint density at radius 1 is 1.00 bits per heavy atom. The Morgan fingerprint density at radius 2 is 1.79 bits per heavy atom. The minimum Gasteiger partial charge on any atom is -0.472 e. The lowest BCUT2D eigenvalue weighted by molar-refractivity contribution is -0.121. The summed E-state index contributed by atoms with van der Waals surface area (Å²) in [5, 5.41) is 5.59. The van der Waals surface area contributed by atoms with Crippen LogP contribution in [0.2, 0.25) is 0 Å². The van der Waals surface area contributed by atoms with Crippen molar-refractivity contribution in [3.8, 4) is 0 Å². The van der Waals surface area contributed by atoms with E-state index in [0.29, 0.717) is 31.5 Å². The first-order valence-corrected chi connectivity index (χ1v) is 9.86. The fourth-order valence-electron chi connectivity index (χ4n) is 4.50. The molecular weight excluding hydrogens is 352 g/mol. The van der Waals surface area contributed by atoms with E-state index in [2.05, 4.69) is 29.6 Å². The van der Waals surface area contributed by atoms with Crippen molar-refractivity contribution in [3.63, 3.8) is 0 Å². The zero-order chi connectivity index (χ0) is 19.1. The minimum absolute atomic E-state index is 0.0277. The Balaban J connectivity index is 1.28. The molecule has 0 atom stereocenters. The van der Waals surface area contributed by atoms with Gasteiger partial charge in [-0.15, -0.1) is 0 Å². The van der Waals surface area contributed by atoms with Crippen molar-refractivity contribution < 1.29 is 14.0 Å². The number of carbonyl (C=O) groups is 2. The Kier molecular flexibility index (Phi) is 4.15. The summed E-state index contributed by atoms with van der Waals surface area (Å²) in [7, 11) is 0. The number of piperidine rings is 1. The number of carbonyl (C=O) groups excluding carboxylic acids is 2. The number of likely N-dealkylation sites (tertiary alicyclic amines) is 1. The summed E-state index contributed by atoms with van der Waals surface area (Å²) < 4.78 is 5.00. The molecular formula is C23H22N2O3. The van der Waals surface area contributed by atoms with Crippen LogP contribution in [0, 0.1) is 5.92 Å². The molecule has 1 aliphatic carbocycles. The van der Waals surface area contributed by atoms with E-state index in [0.717, 1.165) is 23.9 Å². The molecule has 0 spiro atoms. The van der Waals surface area contributed by atoms with Gasteiger partial charge in [0.25, 0.3) is 5.91 Å². The van der Waals surface area contributed by atoms with E-state index >= 15 is 0 Å². The first kappa shape index (κ1) is 17.0. The summed E-state index contributed by atoms with van der Waals surface area (Å²) in [4.78, 5) is 27.1. The molecule has 1 fully saturated rings. The smallest absolute Gasteiger partial charge is 0.257 e. The van der Waals surface area contributed by atoms with Crippen LogP contribution < -0.4 is 5.32 Å². The van der Waals surface area contributed by atoms with Crippen LogP contribution in [0.25, 0.3) is 10.8 Å².